The van der Waals surface area contributed by atoms with E-state index in [2.05, 4.69) is 5.32 Å². The Balaban J connectivity index is 1.84. The fourth-order valence-electron chi connectivity index (χ4n) is 1.96. The Hall–Kier alpha value is -2.11. The minimum atomic E-state index is -0.0915. The SMILES string of the molecule is O=C(NCCCOCCO)c1cccc(-n2cccc2)c1. The van der Waals surface area contributed by atoms with Gasteiger partial charge in [0.2, 0.25) is 0 Å². The number of aliphatic hydroxyl groups excluding tert-OH is 1. The number of carbonyl (C=O) groups is 1. The molecule has 0 aliphatic rings. The van der Waals surface area contributed by atoms with Gasteiger partial charge in [0.1, 0.15) is 0 Å². The molecule has 0 atom stereocenters. The maximum Gasteiger partial charge on any atom is 0.251 e. The molecule has 5 heteroatoms. The Bertz CT molecular complexity index is 552. The van der Waals surface area contributed by atoms with Crippen molar-refractivity contribution in [3.63, 3.8) is 0 Å². The second kappa shape index (κ2) is 8.24. The van der Waals surface area contributed by atoms with Gasteiger partial charge in [0, 0.05) is 36.8 Å². The van der Waals surface area contributed by atoms with Crippen LogP contribution < -0.4 is 5.32 Å². The average molecular weight is 288 g/mol. The molecular formula is C16H20N2O3. The summed E-state index contributed by atoms with van der Waals surface area (Å²) in [5.74, 6) is -0.0915. The first kappa shape index (κ1) is 15.3. The van der Waals surface area contributed by atoms with Gasteiger partial charge in [0.15, 0.2) is 0 Å². The minimum Gasteiger partial charge on any atom is -0.394 e. The number of nitrogens with one attached hydrogen (secondary N) is 1. The molecule has 0 aliphatic heterocycles. The Morgan fingerprint density at radius 2 is 2.00 bits per heavy atom. The molecule has 1 aromatic heterocycles. The van der Waals surface area contributed by atoms with Crippen LogP contribution in [-0.2, 0) is 4.74 Å². The molecule has 0 fully saturated rings. The molecule has 112 valence electrons. The predicted molar refractivity (Wildman–Crippen MR) is 80.6 cm³/mol. The van der Waals surface area contributed by atoms with Crippen LogP contribution in [0.1, 0.15) is 16.8 Å². The van der Waals surface area contributed by atoms with Gasteiger partial charge >= 0.3 is 0 Å². The third-order valence-electron chi connectivity index (χ3n) is 3.00. The molecule has 0 radical (unpaired) electrons. The normalized spacial score (nSPS) is 10.5. The average Bonchev–Trinajstić information content (AvgIpc) is 3.05. The van der Waals surface area contributed by atoms with Crippen molar-refractivity contribution in [3.05, 3.63) is 54.4 Å². The number of nitrogens with zero attached hydrogens (tertiary/aromatic N) is 1. The topological polar surface area (TPSA) is 63.5 Å². The van der Waals surface area contributed by atoms with Crippen molar-refractivity contribution in [2.24, 2.45) is 0 Å². The van der Waals surface area contributed by atoms with Crippen molar-refractivity contribution in [1.82, 2.24) is 9.88 Å². The fraction of sp³-hybridized carbons (Fsp3) is 0.312. The zero-order chi connectivity index (χ0) is 14.9. The number of carbonyl (C=O) groups excluding carboxylic acids is 1. The highest BCUT2D eigenvalue weighted by molar-refractivity contribution is 5.94. The van der Waals surface area contributed by atoms with E-state index in [1.165, 1.54) is 0 Å². The van der Waals surface area contributed by atoms with E-state index in [9.17, 15) is 4.79 Å². The van der Waals surface area contributed by atoms with E-state index in [1.54, 1.807) is 6.07 Å². The Kier molecular flexibility index (Phi) is 5.99. The third-order valence-corrected chi connectivity index (χ3v) is 3.00. The molecular weight excluding hydrogens is 268 g/mol. The second-order valence-corrected chi connectivity index (χ2v) is 4.59. The number of amides is 1. The summed E-state index contributed by atoms with van der Waals surface area (Å²) in [6.07, 6.45) is 4.61. The van der Waals surface area contributed by atoms with Gasteiger partial charge in [0.05, 0.1) is 13.2 Å². The van der Waals surface area contributed by atoms with E-state index in [0.717, 1.165) is 12.1 Å². The van der Waals surface area contributed by atoms with Crippen molar-refractivity contribution < 1.29 is 14.6 Å². The zero-order valence-corrected chi connectivity index (χ0v) is 11.9. The minimum absolute atomic E-state index is 0.0263. The lowest BCUT2D eigenvalue weighted by Gasteiger charge is -2.08. The Morgan fingerprint density at radius 1 is 1.19 bits per heavy atom. The predicted octanol–water partition coefficient (Wildman–Crippen LogP) is 1.61. The Labute approximate surface area is 124 Å². The molecule has 0 aliphatic carbocycles. The van der Waals surface area contributed by atoms with Crippen molar-refractivity contribution in [3.8, 4) is 5.69 Å². The lowest BCUT2D eigenvalue weighted by Crippen LogP contribution is -2.25. The number of aliphatic hydroxyl groups is 1. The quantitative estimate of drug-likeness (QED) is 0.725. The van der Waals surface area contributed by atoms with Gasteiger partial charge in [-0.1, -0.05) is 6.07 Å². The number of benzene rings is 1. The molecule has 21 heavy (non-hydrogen) atoms. The molecule has 5 nitrogen and oxygen atoms in total. The molecule has 1 amide bonds. The summed E-state index contributed by atoms with van der Waals surface area (Å²) in [6, 6.07) is 11.4. The van der Waals surface area contributed by atoms with Crippen LogP contribution in [0, 0.1) is 0 Å². The molecule has 1 heterocycles. The van der Waals surface area contributed by atoms with Crippen LogP contribution in [0.4, 0.5) is 0 Å². The summed E-state index contributed by atoms with van der Waals surface area (Å²) in [5.41, 5.74) is 1.59. The summed E-state index contributed by atoms with van der Waals surface area (Å²) in [7, 11) is 0. The molecule has 2 N–H and O–H groups in total. The first-order valence-electron chi connectivity index (χ1n) is 7.01. The number of aromatic nitrogens is 1. The first-order chi connectivity index (χ1) is 10.3. The molecule has 2 aromatic rings. The zero-order valence-electron chi connectivity index (χ0n) is 11.9. The maximum atomic E-state index is 12.1. The number of hydrogen-bond acceptors (Lipinski definition) is 3. The van der Waals surface area contributed by atoms with E-state index in [0.29, 0.717) is 25.3 Å². The van der Waals surface area contributed by atoms with Crippen molar-refractivity contribution in [1.29, 1.82) is 0 Å². The van der Waals surface area contributed by atoms with Crippen LogP contribution in [0.5, 0.6) is 0 Å². The molecule has 1 aromatic carbocycles. The summed E-state index contributed by atoms with van der Waals surface area (Å²) < 4.78 is 7.09. The maximum absolute atomic E-state index is 12.1. The van der Waals surface area contributed by atoms with Gasteiger partial charge in [-0.2, -0.15) is 0 Å². The van der Waals surface area contributed by atoms with E-state index < -0.39 is 0 Å². The standard InChI is InChI=1S/C16H20N2O3/c19-10-12-21-11-4-7-17-16(20)14-5-3-6-15(13-14)18-8-1-2-9-18/h1-3,5-6,8-9,13,19H,4,7,10-12H2,(H,17,20). The van der Waals surface area contributed by atoms with Gasteiger partial charge in [-0.25, -0.2) is 0 Å². The second-order valence-electron chi connectivity index (χ2n) is 4.59. The van der Waals surface area contributed by atoms with Crippen molar-refractivity contribution in [2.45, 2.75) is 6.42 Å². The van der Waals surface area contributed by atoms with Gasteiger partial charge in [-0.15, -0.1) is 0 Å². The molecule has 0 saturated carbocycles. The molecule has 0 spiro atoms. The lowest BCUT2D eigenvalue weighted by molar-refractivity contribution is 0.0867. The molecule has 0 bridgehead atoms. The van der Waals surface area contributed by atoms with Crippen LogP contribution in [0.25, 0.3) is 5.69 Å². The monoisotopic (exact) mass is 288 g/mol. The van der Waals surface area contributed by atoms with Crippen molar-refractivity contribution in [2.75, 3.05) is 26.4 Å². The summed E-state index contributed by atoms with van der Waals surface area (Å²) >= 11 is 0. The van der Waals surface area contributed by atoms with Gasteiger partial charge in [0.25, 0.3) is 5.91 Å². The highest BCUT2D eigenvalue weighted by Crippen LogP contribution is 2.10. The van der Waals surface area contributed by atoms with Crippen LogP contribution in [0.2, 0.25) is 0 Å². The number of hydrogen-bond donors (Lipinski definition) is 2. The van der Waals surface area contributed by atoms with Gasteiger partial charge < -0.3 is 19.7 Å². The van der Waals surface area contributed by atoms with E-state index in [1.807, 2.05) is 47.3 Å². The summed E-state index contributed by atoms with van der Waals surface area (Å²) in [6.45, 7) is 1.45. The summed E-state index contributed by atoms with van der Waals surface area (Å²) in [4.78, 5) is 12.1. The summed E-state index contributed by atoms with van der Waals surface area (Å²) in [5, 5.41) is 11.4. The van der Waals surface area contributed by atoms with Gasteiger partial charge in [-0.3, -0.25) is 4.79 Å². The number of ether oxygens (including phenoxy) is 1. The molecule has 2 rings (SSSR count). The van der Waals surface area contributed by atoms with Crippen LogP contribution >= 0.6 is 0 Å². The number of rotatable bonds is 8. The highest BCUT2D eigenvalue weighted by atomic mass is 16.5. The van der Waals surface area contributed by atoms with Crippen LogP contribution in [0.15, 0.2) is 48.8 Å². The Morgan fingerprint density at radius 3 is 2.76 bits per heavy atom. The van der Waals surface area contributed by atoms with E-state index in [4.69, 9.17) is 9.84 Å². The molecule has 0 saturated heterocycles. The lowest BCUT2D eigenvalue weighted by atomic mass is 10.2. The van der Waals surface area contributed by atoms with Crippen LogP contribution in [0.3, 0.4) is 0 Å². The third kappa shape index (κ3) is 4.73. The highest BCUT2D eigenvalue weighted by Gasteiger charge is 2.06. The largest absolute Gasteiger partial charge is 0.394 e. The van der Waals surface area contributed by atoms with E-state index >= 15 is 0 Å². The van der Waals surface area contributed by atoms with Gasteiger partial charge in [-0.05, 0) is 36.8 Å². The van der Waals surface area contributed by atoms with Crippen LogP contribution in [-0.4, -0.2) is 41.9 Å². The first-order valence-corrected chi connectivity index (χ1v) is 7.01. The fourth-order valence-corrected chi connectivity index (χ4v) is 1.96. The van der Waals surface area contributed by atoms with Crippen molar-refractivity contribution >= 4 is 5.91 Å². The smallest absolute Gasteiger partial charge is 0.251 e. The molecule has 0 unspecified atom stereocenters. The van der Waals surface area contributed by atoms with E-state index in [-0.39, 0.29) is 12.5 Å².